The molecule has 0 amide bonds. The van der Waals surface area contributed by atoms with Gasteiger partial charge in [0.25, 0.3) is 5.56 Å². The molecule has 0 radical (unpaired) electrons. The topological polar surface area (TPSA) is 106 Å². The number of fused-ring (bicyclic) bond motifs is 3. The Bertz CT molecular complexity index is 1100. The minimum absolute atomic E-state index is 0.136. The first-order valence-corrected chi connectivity index (χ1v) is 9.16. The number of sulfonamides is 1. The second kappa shape index (κ2) is 6.25. The van der Waals surface area contributed by atoms with Crippen molar-refractivity contribution < 1.29 is 17.9 Å². The van der Waals surface area contributed by atoms with Gasteiger partial charge in [0.2, 0.25) is 10.0 Å². The molecule has 0 bridgehead atoms. The summed E-state index contributed by atoms with van der Waals surface area (Å²) in [5, 5.41) is 10.1. The molecule has 7 nitrogen and oxygen atoms in total. The van der Waals surface area contributed by atoms with Gasteiger partial charge in [0.15, 0.2) is 0 Å². The summed E-state index contributed by atoms with van der Waals surface area (Å²) in [7, 11) is -4.15. The summed E-state index contributed by atoms with van der Waals surface area (Å²) < 4.78 is 41.3. The monoisotopic (exact) mass is 367 g/mol. The van der Waals surface area contributed by atoms with E-state index in [1.807, 2.05) is 0 Å². The van der Waals surface area contributed by atoms with Crippen LogP contribution >= 0.6 is 0 Å². The van der Waals surface area contributed by atoms with Gasteiger partial charge in [-0.15, -0.1) is 0 Å². The molecule has 25 heavy (non-hydrogen) atoms. The van der Waals surface area contributed by atoms with Crippen molar-refractivity contribution in [2.45, 2.75) is 24.8 Å². The molecule has 0 fully saturated rings. The van der Waals surface area contributed by atoms with E-state index >= 15 is 0 Å². The second-order valence-electron chi connectivity index (χ2n) is 5.98. The average molecular weight is 367 g/mol. The summed E-state index contributed by atoms with van der Waals surface area (Å²) in [6, 6.07) is 3.41. The molecule has 134 valence electrons. The quantitative estimate of drug-likeness (QED) is 0.636. The molecule has 0 aliphatic carbocycles. The number of aliphatic hydroxyl groups excluding tert-OH is 1. The molecule has 3 aromatic rings. The van der Waals surface area contributed by atoms with Crippen LogP contribution in [0.3, 0.4) is 0 Å². The van der Waals surface area contributed by atoms with Gasteiger partial charge in [-0.25, -0.2) is 12.8 Å². The smallest absolute Gasteiger partial charge is 0.272 e. The molecule has 2 heterocycles. The maximum atomic E-state index is 14.5. The van der Waals surface area contributed by atoms with E-state index in [1.165, 1.54) is 6.07 Å². The Balaban J connectivity index is 2.31. The second-order valence-corrected chi connectivity index (χ2v) is 7.84. The van der Waals surface area contributed by atoms with Crippen LogP contribution in [0.15, 0.2) is 34.1 Å². The molecule has 0 aliphatic rings. The average Bonchev–Trinajstić information content (AvgIpc) is 3.01. The summed E-state index contributed by atoms with van der Waals surface area (Å²) in [6.45, 7) is 2.78. The van der Waals surface area contributed by atoms with Crippen molar-refractivity contribution in [1.29, 1.82) is 0 Å². The maximum absolute atomic E-state index is 14.5. The predicted molar refractivity (Wildman–Crippen MR) is 92.5 cm³/mol. The third-order valence-electron chi connectivity index (χ3n) is 4.07. The first kappa shape index (κ1) is 17.6. The molecule has 2 aromatic heterocycles. The van der Waals surface area contributed by atoms with Gasteiger partial charge in [-0.2, -0.15) is 4.31 Å². The fourth-order valence-electron chi connectivity index (χ4n) is 2.92. The molecular weight excluding hydrogens is 349 g/mol. The zero-order valence-electron chi connectivity index (χ0n) is 13.7. The SMILES string of the molecule is CC(C)N(CCO)S(=O)(=O)c1cc2c(cc1F)[nH]c(=O)c1[nH]ccc12. The van der Waals surface area contributed by atoms with E-state index in [2.05, 4.69) is 9.97 Å². The number of nitrogens with one attached hydrogen (secondary N) is 2. The standard InChI is InChI=1S/C16H18FN3O4S/c1-9(2)20(5-6-21)25(23,24)14-7-11-10-3-4-18-15(10)16(22)19-13(11)8-12(14)17/h3-4,7-9,18,21H,5-6H2,1-2H3,(H,19,22). The summed E-state index contributed by atoms with van der Waals surface area (Å²) in [5.74, 6) is -0.957. The van der Waals surface area contributed by atoms with Gasteiger partial charge in [0, 0.05) is 29.6 Å². The highest BCUT2D eigenvalue weighted by atomic mass is 32.2. The molecule has 0 aliphatic heterocycles. The van der Waals surface area contributed by atoms with Gasteiger partial charge in [-0.05, 0) is 32.0 Å². The lowest BCUT2D eigenvalue weighted by molar-refractivity contribution is 0.236. The molecule has 3 N–H and O–H groups in total. The van der Waals surface area contributed by atoms with Crippen LogP contribution in [0, 0.1) is 5.82 Å². The van der Waals surface area contributed by atoms with Crippen LogP contribution in [0.1, 0.15) is 13.8 Å². The normalized spacial score (nSPS) is 12.7. The number of aliphatic hydroxyl groups is 1. The van der Waals surface area contributed by atoms with E-state index in [1.54, 1.807) is 26.1 Å². The Labute approximate surface area is 143 Å². The summed E-state index contributed by atoms with van der Waals surface area (Å²) in [5.41, 5.74) is 0.0944. The number of halogens is 1. The van der Waals surface area contributed by atoms with Crippen LogP contribution in [0.2, 0.25) is 0 Å². The van der Waals surface area contributed by atoms with E-state index in [0.717, 1.165) is 10.4 Å². The molecular formula is C16H18FN3O4S. The first-order valence-electron chi connectivity index (χ1n) is 7.72. The van der Waals surface area contributed by atoms with E-state index < -0.39 is 32.3 Å². The molecule has 0 saturated heterocycles. The largest absolute Gasteiger partial charge is 0.395 e. The number of hydrogen-bond acceptors (Lipinski definition) is 4. The van der Waals surface area contributed by atoms with Crippen molar-refractivity contribution in [1.82, 2.24) is 14.3 Å². The number of benzene rings is 1. The number of aromatic amines is 2. The molecule has 9 heteroatoms. The Hall–Kier alpha value is -2.23. The number of nitrogens with zero attached hydrogens (tertiary/aromatic N) is 1. The summed E-state index contributed by atoms with van der Waals surface area (Å²) >= 11 is 0. The van der Waals surface area contributed by atoms with E-state index in [9.17, 15) is 17.6 Å². The first-order chi connectivity index (χ1) is 11.8. The number of aromatic nitrogens is 2. The third kappa shape index (κ3) is 2.84. The summed E-state index contributed by atoms with van der Waals surface area (Å²) in [4.78, 5) is 16.8. The molecule has 0 saturated carbocycles. The fourth-order valence-corrected chi connectivity index (χ4v) is 4.63. The van der Waals surface area contributed by atoms with Crippen LogP contribution in [0.4, 0.5) is 4.39 Å². The van der Waals surface area contributed by atoms with Crippen LogP contribution in [0.5, 0.6) is 0 Å². The molecule has 0 atom stereocenters. The number of pyridine rings is 1. The van der Waals surface area contributed by atoms with Gasteiger partial charge in [-0.1, -0.05) is 0 Å². The van der Waals surface area contributed by atoms with Crippen LogP contribution in [0.25, 0.3) is 21.8 Å². The highest BCUT2D eigenvalue weighted by Gasteiger charge is 2.30. The molecule has 0 spiro atoms. The number of H-pyrrole nitrogens is 2. The van der Waals surface area contributed by atoms with Crippen molar-refractivity contribution in [3.05, 3.63) is 40.6 Å². The van der Waals surface area contributed by atoms with Crippen molar-refractivity contribution >= 4 is 31.8 Å². The van der Waals surface area contributed by atoms with Crippen LogP contribution in [-0.2, 0) is 10.0 Å². The lowest BCUT2D eigenvalue weighted by Gasteiger charge is -2.25. The van der Waals surface area contributed by atoms with E-state index in [-0.39, 0.29) is 18.7 Å². The highest BCUT2D eigenvalue weighted by Crippen LogP contribution is 2.28. The third-order valence-corrected chi connectivity index (χ3v) is 6.16. The number of hydrogen-bond donors (Lipinski definition) is 3. The van der Waals surface area contributed by atoms with Crippen LogP contribution < -0.4 is 5.56 Å². The van der Waals surface area contributed by atoms with Crippen molar-refractivity contribution in [3.8, 4) is 0 Å². The zero-order valence-corrected chi connectivity index (χ0v) is 14.5. The van der Waals surface area contributed by atoms with Crippen molar-refractivity contribution in [2.24, 2.45) is 0 Å². The van der Waals surface area contributed by atoms with Gasteiger partial charge < -0.3 is 15.1 Å². The van der Waals surface area contributed by atoms with E-state index in [0.29, 0.717) is 16.3 Å². The minimum atomic E-state index is -4.15. The van der Waals surface area contributed by atoms with E-state index in [4.69, 9.17) is 5.11 Å². The molecule has 0 unspecified atom stereocenters. The van der Waals surface area contributed by atoms with Gasteiger partial charge >= 0.3 is 0 Å². The molecule has 1 aromatic carbocycles. The van der Waals surface area contributed by atoms with Crippen molar-refractivity contribution in [3.63, 3.8) is 0 Å². The Morgan fingerprint density at radius 3 is 2.64 bits per heavy atom. The zero-order chi connectivity index (χ0) is 18.4. The Morgan fingerprint density at radius 2 is 2.00 bits per heavy atom. The van der Waals surface area contributed by atoms with Crippen LogP contribution in [-0.4, -0.2) is 47.0 Å². The summed E-state index contributed by atoms with van der Waals surface area (Å²) in [6.07, 6.45) is 1.56. The lowest BCUT2D eigenvalue weighted by Crippen LogP contribution is -2.39. The Kier molecular flexibility index (Phi) is 4.40. The lowest BCUT2D eigenvalue weighted by atomic mass is 10.1. The number of rotatable bonds is 5. The van der Waals surface area contributed by atoms with Gasteiger partial charge in [-0.3, -0.25) is 4.79 Å². The Morgan fingerprint density at radius 1 is 1.28 bits per heavy atom. The molecule has 3 rings (SSSR count). The highest BCUT2D eigenvalue weighted by molar-refractivity contribution is 7.89. The maximum Gasteiger partial charge on any atom is 0.272 e. The van der Waals surface area contributed by atoms with Gasteiger partial charge in [0.1, 0.15) is 16.2 Å². The van der Waals surface area contributed by atoms with Gasteiger partial charge in [0.05, 0.1) is 12.1 Å². The minimum Gasteiger partial charge on any atom is -0.395 e. The predicted octanol–water partition coefficient (Wildman–Crippen LogP) is 1.54. The van der Waals surface area contributed by atoms with Crippen molar-refractivity contribution in [2.75, 3.05) is 13.2 Å². The fraction of sp³-hybridized carbons (Fsp3) is 0.312.